The third-order valence-corrected chi connectivity index (χ3v) is 8.34. The van der Waals surface area contributed by atoms with E-state index in [9.17, 15) is 13.2 Å². The van der Waals surface area contributed by atoms with Crippen LogP contribution < -0.4 is 0 Å². The smallest absolute Gasteiger partial charge is 0.253 e. The molecule has 0 radical (unpaired) electrons. The molecule has 0 atom stereocenters. The molecule has 2 fully saturated rings. The molecule has 1 aromatic rings. The van der Waals surface area contributed by atoms with Gasteiger partial charge < -0.3 is 9.80 Å². The molecule has 28 heavy (non-hydrogen) atoms. The topological polar surface area (TPSA) is 57.7 Å². The van der Waals surface area contributed by atoms with Gasteiger partial charge in [0.05, 0.1) is 10.1 Å². The van der Waals surface area contributed by atoms with Gasteiger partial charge in [0.1, 0.15) is 0 Å². The molecule has 6 heteroatoms. The minimum Gasteiger partial charge on any atom is -0.337 e. The average Bonchev–Trinajstić information content (AvgIpc) is 2.94. The van der Waals surface area contributed by atoms with Crippen molar-refractivity contribution in [2.24, 2.45) is 5.92 Å². The van der Waals surface area contributed by atoms with Gasteiger partial charge in [-0.05, 0) is 69.8 Å². The van der Waals surface area contributed by atoms with Crippen LogP contribution in [0.25, 0.3) is 0 Å². The maximum atomic E-state index is 12.9. The highest BCUT2D eigenvalue weighted by molar-refractivity contribution is 7.92. The van der Waals surface area contributed by atoms with Crippen molar-refractivity contribution in [3.8, 4) is 0 Å². The first-order chi connectivity index (χ1) is 13.4. The molecular weight excluding hydrogens is 372 g/mol. The average molecular weight is 407 g/mol. The predicted molar refractivity (Wildman–Crippen MR) is 112 cm³/mol. The monoisotopic (exact) mass is 406 g/mol. The van der Waals surface area contributed by atoms with Crippen LogP contribution in [0.15, 0.2) is 29.2 Å². The van der Waals surface area contributed by atoms with Gasteiger partial charge in [-0.2, -0.15) is 0 Å². The van der Waals surface area contributed by atoms with E-state index < -0.39 is 15.1 Å². The van der Waals surface area contributed by atoms with Crippen molar-refractivity contribution in [2.45, 2.75) is 62.5 Å². The third-order valence-electron chi connectivity index (χ3n) is 6.17. The van der Waals surface area contributed by atoms with Gasteiger partial charge in [-0.1, -0.05) is 19.3 Å². The summed E-state index contributed by atoms with van der Waals surface area (Å²) in [5.41, 5.74) is 0.573. The van der Waals surface area contributed by atoms with E-state index >= 15 is 0 Å². The Labute approximate surface area is 170 Å². The van der Waals surface area contributed by atoms with Crippen molar-refractivity contribution < 1.29 is 13.2 Å². The maximum absolute atomic E-state index is 12.9. The summed E-state index contributed by atoms with van der Waals surface area (Å²) in [6.07, 6.45) is 7.82. The molecule has 2 aliphatic rings. The number of amides is 1. The zero-order chi connectivity index (χ0) is 20.1. The zero-order valence-corrected chi connectivity index (χ0v) is 18.1. The molecule has 3 rings (SSSR count). The molecule has 1 aliphatic heterocycles. The van der Waals surface area contributed by atoms with Gasteiger partial charge >= 0.3 is 0 Å². The Kier molecular flexibility index (Phi) is 7.15. The number of nitrogens with zero attached hydrogens (tertiary/aromatic N) is 2. The lowest BCUT2D eigenvalue weighted by Gasteiger charge is -2.28. The van der Waals surface area contributed by atoms with Crippen LogP contribution in [0.2, 0.25) is 0 Å². The molecule has 0 spiro atoms. The molecule has 0 unspecified atom stereocenters. The van der Waals surface area contributed by atoms with Crippen LogP contribution in [-0.4, -0.2) is 62.1 Å². The van der Waals surface area contributed by atoms with E-state index in [1.54, 1.807) is 38.1 Å². The molecule has 0 N–H and O–H groups in total. The Hall–Kier alpha value is -1.40. The van der Waals surface area contributed by atoms with Crippen molar-refractivity contribution >= 4 is 15.7 Å². The molecule has 5 nitrogen and oxygen atoms in total. The van der Waals surface area contributed by atoms with Crippen molar-refractivity contribution in [2.75, 3.05) is 32.7 Å². The summed E-state index contributed by atoms with van der Waals surface area (Å²) in [6, 6.07) is 6.44. The predicted octanol–water partition coefficient (Wildman–Crippen LogP) is 3.60. The van der Waals surface area contributed by atoms with Gasteiger partial charge in [0.25, 0.3) is 5.91 Å². The normalized spacial score (nSPS) is 20.3. The summed E-state index contributed by atoms with van der Waals surface area (Å²) < 4.78 is 24.5. The molecule has 1 aromatic carbocycles. The highest BCUT2D eigenvalue weighted by Crippen LogP contribution is 2.25. The van der Waals surface area contributed by atoms with Gasteiger partial charge in [0.2, 0.25) is 0 Å². The second-order valence-corrected chi connectivity index (χ2v) is 11.1. The lowest BCUT2D eigenvalue weighted by Crippen LogP contribution is -2.36. The fraction of sp³-hybridized carbons (Fsp3) is 0.682. The van der Waals surface area contributed by atoms with Crippen LogP contribution in [0.5, 0.6) is 0 Å². The number of benzene rings is 1. The maximum Gasteiger partial charge on any atom is 0.253 e. The van der Waals surface area contributed by atoms with Crippen molar-refractivity contribution in [1.29, 1.82) is 0 Å². The van der Waals surface area contributed by atoms with Crippen LogP contribution in [0.1, 0.15) is 62.7 Å². The second-order valence-electron chi connectivity index (χ2n) is 8.57. The SMILES string of the molecule is CC(C)S(=O)(=O)c1ccc(C(=O)N2CCCN(CC3CCCCC3)CC2)cc1. The zero-order valence-electron chi connectivity index (χ0n) is 17.3. The Bertz CT molecular complexity index is 752. The summed E-state index contributed by atoms with van der Waals surface area (Å²) in [6.45, 7) is 8.02. The fourth-order valence-corrected chi connectivity index (χ4v) is 5.39. The van der Waals surface area contributed by atoms with Crippen LogP contribution in [0.3, 0.4) is 0 Å². The molecule has 156 valence electrons. The minimum atomic E-state index is -3.30. The van der Waals surface area contributed by atoms with E-state index in [1.165, 1.54) is 38.6 Å². The Morgan fingerprint density at radius 2 is 1.64 bits per heavy atom. The quantitative estimate of drug-likeness (QED) is 0.750. The van der Waals surface area contributed by atoms with Crippen LogP contribution in [-0.2, 0) is 9.84 Å². The summed E-state index contributed by atoms with van der Waals surface area (Å²) in [7, 11) is -3.30. The Morgan fingerprint density at radius 1 is 0.964 bits per heavy atom. The standard InChI is InChI=1S/C22H34N2O3S/c1-18(2)28(26,27)21-11-9-20(10-12-21)22(25)24-14-6-13-23(15-16-24)17-19-7-4-3-5-8-19/h9-12,18-19H,3-8,13-17H2,1-2H3. The Morgan fingerprint density at radius 3 is 2.29 bits per heavy atom. The van der Waals surface area contributed by atoms with Crippen molar-refractivity contribution in [1.82, 2.24) is 9.80 Å². The van der Waals surface area contributed by atoms with Gasteiger partial charge in [0.15, 0.2) is 9.84 Å². The number of carbonyl (C=O) groups excluding carboxylic acids is 1. The highest BCUT2D eigenvalue weighted by atomic mass is 32.2. The van der Waals surface area contributed by atoms with Crippen LogP contribution in [0, 0.1) is 5.92 Å². The molecule has 1 saturated heterocycles. The van der Waals surface area contributed by atoms with E-state index in [0.29, 0.717) is 5.56 Å². The van der Waals surface area contributed by atoms with E-state index in [4.69, 9.17) is 0 Å². The van der Waals surface area contributed by atoms with Crippen LogP contribution >= 0.6 is 0 Å². The summed E-state index contributed by atoms with van der Waals surface area (Å²) >= 11 is 0. The third kappa shape index (κ3) is 5.15. The van der Waals surface area contributed by atoms with Gasteiger partial charge in [-0.15, -0.1) is 0 Å². The van der Waals surface area contributed by atoms with E-state index in [-0.39, 0.29) is 10.8 Å². The lowest BCUT2D eigenvalue weighted by molar-refractivity contribution is 0.0760. The highest BCUT2D eigenvalue weighted by Gasteiger charge is 2.24. The number of carbonyl (C=O) groups is 1. The van der Waals surface area contributed by atoms with E-state index in [0.717, 1.165) is 38.5 Å². The molecular formula is C22H34N2O3S. The summed E-state index contributed by atoms with van der Waals surface area (Å²) in [5, 5.41) is -0.463. The van der Waals surface area contributed by atoms with Gasteiger partial charge in [-0.3, -0.25) is 4.79 Å². The largest absolute Gasteiger partial charge is 0.337 e. The van der Waals surface area contributed by atoms with Gasteiger partial charge in [-0.25, -0.2) is 8.42 Å². The first kappa shape index (κ1) is 21.3. The fourth-order valence-electron chi connectivity index (χ4n) is 4.33. The van der Waals surface area contributed by atoms with Gasteiger partial charge in [0, 0.05) is 31.7 Å². The first-order valence-electron chi connectivity index (χ1n) is 10.7. The Balaban J connectivity index is 1.58. The van der Waals surface area contributed by atoms with E-state index in [2.05, 4.69) is 4.90 Å². The second kappa shape index (κ2) is 9.40. The summed E-state index contributed by atoms with van der Waals surface area (Å²) in [4.78, 5) is 17.6. The molecule has 1 saturated carbocycles. The molecule has 0 bridgehead atoms. The number of sulfone groups is 1. The van der Waals surface area contributed by atoms with Crippen molar-refractivity contribution in [3.63, 3.8) is 0 Å². The number of hydrogen-bond acceptors (Lipinski definition) is 4. The minimum absolute atomic E-state index is 0.00742. The van der Waals surface area contributed by atoms with Crippen LogP contribution in [0.4, 0.5) is 0 Å². The summed E-state index contributed by atoms with van der Waals surface area (Å²) in [5.74, 6) is 0.833. The molecule has 1 heterocycles. The lowest BCUT2D eigenvalue weighted by atomic mass is 9.89. The van der Waals surface area contributed by atoms with Crippen molar-refractivity contribution in [3.05, 3.63) is 29.8 Å². The first-order valence-corrected chi connectivity index (χ1v) is 12.3. The molecule has 1 aliphatic carbocycles. The molecule has 1 amide bonds. The number of hydrogen-bond donors (Lipinski definition) is 0. The van der Waals surface area contributed by atoms with E-state index in [1.807, 2.05) is 4.90 Å². The molecule has 0 aromatic heterocycles. The number of rotatable bonds is 5.